The van der Waals surface area contributed by atoms with Gasteiger partial charge in [0.2, 0.25) is 0 Å². The van der Waals surface area contributed by atoms with Gasteiger partial charge in [-0.2, -0.15) is 0 Å². The summed E-state index contributed by atoms with van der Waals surface area (Å²) in [6, 6.07) is 9.28. The van der Waals surface area contributed by atoms with Crippen LogP contribution in [0.4, 0.5) is 0 Å². The minimum atomic E-state index is 0.215. The second-order valence-electron chi connectivity index (χ2n) is 5.60. The van der Waals surface area contributed by atoms with Crippen LogP contribution in [0.25, 0.3) is 0 Å². The Hall–Kier alpha value is -1.02. The summed E-state index contributed by atoms with van der Waals surface area (Å²) in [6.45, 7) is 13.0. The zero-order chi connectivity index (χ0) is 13.7. The predicted octanol–water partition coefficient (Wildman–Crippen LogP) is 3.96. The molecule has 0 bridgehead atoms. The van der Waals surface area contributed by atoms with Crippen LogP contribution in [0.5, 0.6) is 5.75 Å². The number of para-hydroxylation sites is 1. The SMILES string of the molecule is CC(C)NC(C)C(C)c1ccccc1OC(C)C. The van der Waals surface area contributed by atoms with E-state index in [0.717, 1.165) is 5.75 Å². The number of rotatable bonds is 6. The van der Waals surface area contributed by atoms with Crippen molar-refractivity contribution in [3.8, 4) is 5.75 Å². The van der Waals surface area contributed by atoms with Crippen LogP contribution in [0.3, 0.4) is 0 Å². The number of hydrogen-bond acceptors (Lipinski definition) is 2. The molecule has 0 aliphatic rings. The monoisotopic (exact) mass is 249 g/mol. The summed E-state index contributed by atoms with van der Waals surface area (Å²) in [6.07, 6.45) is 0.215. The Morgan fingerprint density at radius 2 is 1.56 bits per heavy atom. The molecule has 0 heterocycles. The fourth-order valence-electron chi connectivity index (χ4n) is 2.16. The molecule has 0 radical (unpaired) electrons. The van der Waals surface area contributed by atoms with Crippen molar-refractivity contribution < 1.29 is 4.74 Å². The fourth-order valence-corrected chi connectivity index (χ4v) is 2.16. The van der Waals surface area contributed by atoms with Crippen LogP contribution in [0.2, 0.25) is 0 Å². The van der Waals surface area contributed by atoms with Gasteiger partial charge in [-0.15, -0.1) is 0 Å². The lowest BCUT2D eigenvalue weighted by molar-refractivity contribution is 0.237. The molecule has 2 unspecified atom stereocenters. The Labute approximate surface area is 112 Å². The van der Waals surface area contributed by atoms with Crippen molar-refractivity contribution >= 4 is 0 Å². The normalized spacial score (nSPS) is 14.9. The highest BCUT2D eigenvalue weighted by atomic mass is 16.5. The minimum Gasteiger partial charge on any atom is -0.491 e. The van der Waals surface area contributed by atoms with E-state index in [0.29, 0.717) is 18.0 Å². The third-order valence-corrected chi connectivity index (χ3v) is 3.12. The molecule has 0 aromatic heterocycles. The van der Waals surface area contributed by atoms with Crippen LogP contribution in [0.15, 0.2) is 24.3 Å². The molecule has 1 rings (SSSR count). The Morgan fingerprint density at radius 1 is 0.944 bits per heavy atom. The molecule has 0 fully saturated rings. The number of benzene rings is 1. The van der Waals surface area contributed by atoms with Gasteiger partial charge in [-0.05, 0) is 38.3 Å². The van der Waals surface area contributed by atoms with Crippen molar-refractivity contribution in [1.82, 2.24) is 5.32 Å². The first-order valence-electron chi connectivity index (χ1n) is 6.93. The highest BCUT2D eigenvalue weighted by Crippen LogP contribution is 2.29. The van der Waals surface area contributed by atoms with Crippen molar-refractivity contribution in [2.75, 3.05) is 0 Å². The van der Waals surface area contributed by atoms with E-state index in [4.69, 9.17) is 4.74 Å². The largest absolute Gasteiger partial charge is 0.491 e. The molecule has 0 saturated heterocycles. The van der Waals surface area contributed by atoms with E-state index in [1.54, 1.807) is 0 Å². The molecule has 2 heteroatoms. The van der Waals surface area contributed by atoms with Gasteiger partial charge in [-0.3, -0.25) is 0 Å². The smallest absolute Gasteiger partial charge is 0.123 e. The third kappa shape index (κ3) is 4.34. The summed E-state index contributed by atoms with van der Waals surface area (Å²) in [5.41, 5.74) is 1.28. The summed E-state index contributed by atoms with van der Waals surface area (Å²) in [4.78, 5) is 0. The number of nitrogens with one attached hydrogen (secondary N) is 1. The number of hydrogen-bond donors (Lipinski definition) is 1. The van der Waals surface area contributed by atoms with E-state index in [-0.39, 0.29) is 6.10 Å². The van der Waals surface area contributed by atoms with Crippen LogP contribution >= 0.6 is 0 Å². The van der Waals surface area contributed by atoms with Gasteiger partial charge in [0.05, 0.1) is 6.10 Å². The first kappa shape index (κ1) is 15.0. The molecule has 0 aliphatic heterocycles. The third-order valence-electron chi connectivity index (χ3n) is 3.12. The van der Waals surface area contributed by atoms with Gasteiger partial charge in [-0.25, -0.2) is 0 Å². The van der Waals surface area contributed by atoms with Gasteiger partial charge < -0.3 is 10.1 Å². The first-order chi connectivity index (χ1) is 8.41. The molecule has 0 aliphatic carbocycles. The molecule has 0 spiro atoms. The molecule has 1 aromatic rings. The molecule has 18 heavy (non-hydrogen) atoms. The zero-order valence-corrected chi connectivity index (χ0v) is 12.5. The first-order valence-corrected chi connectivity index (χ1v) is 6.93. The summed E-state index contributed by atoms with van der Waals surface area (Å²) in [5, 5.41) is 3.57. The van der Waals surface area contributed by atoms with E-state index in [1.165, 1.54) is 5.56 Å². The van der Waals surface area contributed by atoms with Gasteiger partial charge in [0.15, 0.2) is 0 Å². The topological polar surface area (TPSA) is 21.3 Å². The number of ether oxygens (including phenoxy) is 1. The average molecular weight is 249 g/mol. The van der Waals surface area contributed by atoms with Crippen molar-refractivity contribution in [2.45, 2.75) is 65.6 Å². The van der Waals surface area contributed by atoms with Gasteiger partial charge in [-0.1, -0.05) is 39.0 Å². The van der Waals surface area contributed by atoms with Crippen molar-refractivity contribution in [3.05, 3.63) is 29.8 Å². The van der Waals surface area contributed by atoms with Crippen LogP contribution < -0.4 is 10.1 Å². The molecule has 0 amide bonds. The fraction of sp³-hybridized carbons (Fsp3) is 0.625. The molecule has 2 atom stereocenters. The molecule has 102 valence electrons. The lowest BCUT2D eigenvalue weighted by atomic mass is 9.93. The van der Waals surface area contributed by atoms with Gasteiger partial charge in [0, 0.05) is 12.1 Å². The van der Waals surface area contributed by atoms with E-state index in [9.17, 15) is 0 Å². The predicted molar refractivity (Wildman–Crippen MR) is 78.4 cm³/mol. The van der Waals surface area contributed by atoms with E-state index >= 15 is 0 Å². The van der Waals surface area contributed by atoms with Crippen molar-refractivity contribution in [3.63, 3.8) is 0 Å². The van der Waals surface area contributed by atoms with Crippen LogP contribution in [0, 0.1) is 0 Å². The summed E-state index contributed by atoms with van der Waals surface area (Å²) in [5.74, 6) is 1.44. The molecular formula is C16H27NO. The summed E-state index contributed by atoms with van der Waals surface area (Å²) >= 11 is 0. The van der Waals surface area contributed by atoms with E-state index in [2.05, 4.69) is 65.1 Å². The van der Waals surface area contributed by atoms with Crippen LogP contribution in [-0.2, 0) is 0 Å². The standard InChI is InChI=1S/C16H27NO/c1-11(2)17-14(6)13(5)15-9-7-8-10-16(15)18-12(3)4/h7-14,17H,1-6H3. The lowest BCUT2D eigenvalue weighted by Crippen LogP contribution is -2.36. The lowest BCUT2D eigenvalue weighted by Gasteiger charge is -2.26. The maximum Gasteiger partial charge on any atom is 0.123 e. The average Bonchev–Trinajstić information content (AvgIpc) is 2.27. The second kappa shape index (κ2) is 6.79. The molecule has 0 saturated carbocycles. The highest BCUT2D eigenvalue weighted by molar-refractivity contribution is 5.36. The van der Waals surface area contributed by atoms with Crippen LogP contribution in [0.1, 0.15) is 53.0 Å². The Balaban J connectivity index is 2.87. The summed E-state index contributed by atoms with van der Waals surface area (Å²) in [7, 11) is 0. The molecule has 2 nitrogen and oxygen atoms in total. The zero-order valence-electron chi connectivity index (χ0n) is 12.5. The van der Waals surface area contributed by atoms with Crippen molar-refractivity contribution in [1.29, 1.82) is 0 Å². The molecule has 1 aromatic carbocycles. The maximum absolute atomic E-state index is 5.89. The molecular weight excluding hydrogens is 222 g/mol. The van der Waals surface area contributed by atoms with Crippen LogP contribution in [-0.4, -0.2) is 18.2 Å². The molecule has 1 N–H and O–H groups in total. The Morgan fingerprint density at radius 3 is 2.11 bits per heavy atom. The quantitative estimate of drug-likeness (QED) is 0.824. The van der Waals surface area contributed by atoms with E-state index in [1.807, 2.05) is 6.07 Å². The van der Waals surface area contributed by atoms with Crippen molar-refractivity contribution in [2.24, 2.45) is 0 Å². The summed E-state index contributed by atoms with van der Waals surface area (Å²) < 4.78 is 5.89. The second-order valence-corrected chi connectivity index (χ2v) is 5.60. The minimum absolute atomic E-state index is 0.215. The van der Waals surface area contributed by atoms with Gasteiger partial charge >= 0.3 is 0 Å². The van der Waals surface area contributed by atoms with E-state index < -0.39 is 0 Å². The Bertz CT molecular complexity index is 360. The Kier molecular flexibility index (Phi) is 5.67. The van der Waals surface area contributed by atoms with Gasteiger partial charge in [0.25, 0.3) is 0 Å². The van der Waals surface area contributed by atoms with Gasteiger partial charge in [0.1, 0.15) is 5.75 Å². The highest BCUT2D eigenvalue weighted by Gasteiger charge is 2.18. The maximum atomic E-state index is 5.89.